The van der Waals surface area contributed by atoms with Crippen molar-refractivity contribution in [3.63, 3.8) is 0 Å². The standard InChI is InChI=1S/C16H16FNO/c1-10-6-7-11(2)12(8-10)9-15(19)13-4-3-5-14(17)16(13)18/h3-8H,9,18H2,1-2H3. The van der Waals surface area contributed by atoms with Crippen molar-refractivity contribution in [2.45, 2.75) is 20.3 Å². The van der Waals surface area contributed by atoms with E-state index >= 15 is 0 Å². The molecule has 0 saturated carbocycles. The summed E-state index contributed by atoms with van der Waals surface area (Å²) < 4.78 is 13.3. The summed E-state index contributed by atoms with van der Waals surface area (Å²) in [6, 6.07) is 10.3. The van der Waals surface area contributed by atoms with E-state index in [4.69, 9.17) is 5.73 Å². The van der Waals surface area contributed by atoms with Crippen LogP contribution in [-0.2, 0) is 6.42 Å². The summed E-state index contributed by atoms with van der Waals surface area (Å²) >= 11 is 0. The van der Waals surface area contributed by atoms with Gasteiger partial charge in [-0.1, -0.05) is 29.8 Å². The van der Waals surface area contributed by atoms with Gasteiger partial charge in [0, 0.05) is 12.0 Å². The molecule has 0 fully saturated rings. The Morgan fingerprint density at radius 1 is 1.21 bits per heavy atom. The number of carbonyl (C=O) groups excluding carboxylic acids is 1. The Bertz CT molecular complexity index is 635. The van der Waals surface area contributed by atoms with E-state index in [1.165, 1.54) is 12.1 Å². The van der Waals surface area contributed by atoms with Crippen LogP contribution in [0.4, 0.5) is 10.1 Å². The highest BCUT2D eigenvalue weighted by Gasteiger charge is 2.14. The van der Waals surface area contributed by atoms with Gasteiger partial charge in [-0.3, -0.25) is 4.79 Å². The number of nitrogen functional groups attached to an aromatic ring is 1. The van der Waals surface area contributed by atoms with Crippen LogP contribution < -0.4 is 5.73 Å². The molecule has 0 radical (unpaired) electrons. The summed E-state index contributed by atoms with van der Waals surface area (Å²) in [4.78, 5) is 12.2. The molecule has 0 aliphatic carbocycles. The number of hydrogen-bond acceptors (Lipinski definition) is 2. The normalized spacial score (nSPS) is 10.5. The van der Waals surface area contributed by atoms with E-state index < -0.39 is 5.82 Å². The third-order valence-electron chi connectivity index (χ3n) is 3.21. The number of ketones is 1. The fraction of sp³-hybridized carbons (Fsp3) is 0.188. The molecular weight excluding hydrogens is 241 g/mol. The van der Waals surface area contributed by atoms with Gasteiger partial charge in [0.1, 0.15) is 5.82 Å². The number of Topliss-reactive ketones (excluding diaryl/α,β-unsaturated/α-hetero) is 1. The fourth-order valence-corrected chi connectivity index (χ4v) is 2.04. The van der Waals surface area contributed by atoms with Gasteiger partial charge in [-0.05, 0) is 37.1 Å². The van der Waals surface area contributed by atoms with E-state index in [1.807, 2.05) is 32.0 Å². The highest BCUT2D eigenvalue weighted by atomic mass is 19.1. The van der Waals surface area contributed by atoms with E-state index in [0.717, 1.165) is 16.7 Å². The lowest BCUT2D eigenvalue weighted by Crippen LogP contribution is -2.09. The minimum atomic E-state index is -0.549. The van der Waals surface area contributed by atoms with Crippen LogP contribution in [0, 0.1) is 19.7 Å². The van der Waals surface area contributed by atoms with Crippen LogP contribution in [-0.4, -0.2) is 5.78 Å². The minimum Gasteiger partial charge on any atom is -0.396 e. The van der Waals surface area contributed by atoms with Crippen molar-refractivity contribution in [2.24, 2.45) is 0 Å². The Morgan fingerprint density at radius 3 is 2.68 bits per heavy atom. The molecule has 98 valence electrons. The van der Waals surface area contributed by atoms with Gasteiger partial charge < -0.3 is 5.73 Å². The summed E-state index contributed by atoms with van der Waals surface area (Å²) in [6.45, 7) is 3.93. The monoisotopic (exact) mass is 257 g/mol. The number of rotatable bonds is 3. The van der Waals surface area contributed by atoms with Gasteiger partial charge in [-0.25, -0.2) is 4.39 Å². The Labute approximate surface area is 112 Å². The van der Waals surface area contributed by atoms with Gasteiger partial charge >= 0.3 is 0 Å². The molecule has 0 saturated heterocycles. The minimum absolute atomic E-state index is 0.0715. The van der Waals surface area contributed by atoms with Crippen LogP contribution in [0.15, 0.2) is 36.4 Å². The topological polar surface area (TPSA) is 43.1 Å². The third kappa shape index (κ3) is 2.81. The van der Waals surface area contributed by atoms with Crippen molar-refractivity contribution in [2.75, 3.05) is 5.73 Å². The molecule has 19 heavy (non-hydrogen) atoms. The first-order chi connectivity index (χ1) is 8.99. The maximum atomic E-state index is 13.3. The first-order valence-corrected chi connectivity index (χ1v) is 6.12. The largest absolute Gasteiger partial charge is 0.396 e. The van der Waals surface area contributed by atoms with E-state index in [0.29, 0.717) is 0 Å². The van der Waals surface area contributed by atoms with E-state index in [9.17, 15) is 9.18 Å². The van der Waals surface area contributed by atoms with Crippen molar-refractivity contribution in [3.05, 3.63) is 64.5 Å². The molecule has 3 heteroatoms. The SMILES string of the molecule is Cc1ccc(C)c(CC(=O)c2cccc(F)c2N)c1. The number of para-hydroxylation sites is 1. The zero-order valence-corrected chi connectivity index (χ0v) is 11.0. The van der Waals surface area contributed by atoms with Gasteiger partial charge in [-0.2, -0.15) is 0 Å². The number of anilines is 1. The lowest BCUT2D eigenvalue weighted by Gasteiger charge is -2.08. The van der Waals surface area contributed by atoms with Gasteiger partial charge in [0.05, 0.1) is 5.69 Å². The summed E-state index contributed by atoms with van der Waals surface area (Å²) in [5, 5.41) is 0. The third-order valence-corrected chi connectivity index (χ3v) is 3.21. The second-order valence-electron chi connectivity index (χ2n) is 4.73. The van der Waals surface area contributed by atoms with Gasteiger partial charge in [0.25, 0.3) is 0 Å². The number of hydrogen-bond donors (Lipinski definition) is 1. The van der Waals surface area contributed by atoms with Crippen LogP contribution in [0.5, 0.6) is 0 Å². The van der Waals surface area contributed by atoms with Crippen molar-refractivity contribution in [1.82, 2.24) is 0 Å². The van der Waals surface area contributed by atoms with Gasteiger partial charge in [-0.15, -0.1) is 0 Å². The predicted octanol–water partition coefficient (Wildman–Crippen LogP) is 3.45. The maximum Gasteiger partial charge on any atom is 0.169 e. The number of carbonyl (C=O) groups is 1. The first kappa shape index (κ1) is 13.3. The van der Waals surface area contributed by atoms with E-state index in [1.54, 1.807) is 6.07 Å². The second-order valence-corrected chi connectivity index (χ2v) is 4.73. The molecule has 0 aliphatic heterocycles. The van der Waals surface area contributed by atoms with E-state index in [2.05, 4.69) is 0 Å². The lowest BCUT2D eigenvalue weighted by atomic mass is 9.97. The number of nitrogens with two attached hydrogens (primary N) is 1. The molecule has 0 atom stereocenters. The molecular formula is C16H16FNO. The lowest BCUT2D eigenvalue weighted by molar-refractivity contribution is 0.0993. The summed E-state index contributed by atoms with van der Waals surface area (Å²) in [5.41, 5.74) is 8.89. The highest BCUT2D eigenvalue weighted by Crippen LogP contribution is 2.19. The van der Waals surface area contributed by atoms with Crippen molar-refractivity contribution < 1.29 is 9.18 Å². The zero-order chi connectivity index (χ0) is 14.0. The first-order valence-electron chi connectivity index (χ1n) is 6.12. The van der Waals surface area contributed by atoms with Gasteiger partial charge in [0.15, 0.2) is 5.78 Å². The molecule has 2 aromatic carbocycles. The molecule has 0 unspecified atom stereocenters. The number of benzene rings is 2. The van der Waals surface area contributed by atoms with Gasteiger partial charge in [0.2, 0.25) is 0 Å². The number of halogens is 1. The summed E-state index contributed by atoms with van der Waals surface area (Å²) in [7, 11) is 0. The van der Waals surface area contributed by atoms with Crippen LogP contribution >= 0.6 is 0 Å². The Morgan fingerprint density at radius 2 is 1.95 bits per heavy atom. The van der Waals surface area contributed by atoms with Crippen LogP contribution in [0.3, 0.4) is 0 Å². The summed E-state index contributed by atoms with van der Waals surface area (Å²) in [6.07, 6.45) is 0.237. The maximum absolute atomic E-state index is 13.3. The average molecular weight is 257 g/mol. The molecule has 2 nitrogen and oxygen atoms in total. The smallest absolute Gasteiger partial charge is 0.169 e. The average Bonchev–Trinajstić information content (AvgIpc) is 2.37. The molecule has 2 N–H and O–H groups in total. The molecule has 0 aliphatic rings. The Hall–Kier alpha value is -2.16. The Kier molecular flexibility index (Phi) is 3.65. The molecule has 0 heterocycles. The van der Waals surface area contributed by atoms with Crippen molar-refractivity contribution in [1.29, 1.82) is 0 Å². The molecule has 0 amide bonds. The second kappa shape index (κ2) is 5.22. The molecule has 0 bridgehead atoms. The molecule has 0 aromatic heterocycles. The molecule has 0 spiro atoms. The van der Waals surface area contributed by atoms with Crippen LogP contribution in [0.2, 0.25) is 0 Å². The Balaban J connectivity index is 2.31. The quantitative estimate of drug-likeness (QED) is 0.676. The van der Waals surface area contributed by atoms with Crippen molar-refractivity contribution in [3.8, 4) is 0 Å². The van der Waals surface area contributed by atoms with Crippen molar-refractivity contribution >= 4 is 11.5 Å². The fourth-order valence-electron chi connectivity index (χ4n) is 2.04. The van der Waals surface area contributed by atoms with Crippen LogP contribution in [0.1, 0.15) is 27.0 Å². The summed E-state index contributed by atoms with van der Waals surface area (Å²) in [5.74, 6) is -0.711. The molecule has 2 rings (SSSR count). The predicted molar refractivity (Wildman–Crippen MR) is 74.8 cm³/mol. The number of aryl methyl sites for hydroxylation is 2. The van der Waals surface area contributed by atoms with Crippen LogP contribution in [0.25, 0.3) is 0 Å². The highest BCUT2D eigenvalue weighted by molar-refractivity contribution is 6.02. The van der Waals surface area contributed by atoms with E-state index in [-0.39, 0.29) is 23.5 Å². The zero-order valence-electron chi connectivity index (χ0n) is 11.0. The molecule has 2 aromatic rings.